The Balaban J connectivity index is 1.52. The average molecular weight is 441 g/mol. The highest BCUT2D eigenvalue weighted by atomic mass is 32.1. The van der Waals surface area contributed by atoms with E-state index in [4.69, 9.17) is 4.74 Å². The summed E-state index contributed by atoms with van der Waals surface area (Å²) in [6.07, 6.45) is 3.35. The van der Waals surface area contributed by atoms with E-state index >= 15 is 0 Å². The summed E-state index contributed by atoms with van der Waals surface area (Å²) in [5, 5.41) is 3.52. The van der Waals surface area contributed by atoms with Gasteiger partial charge in [-0.25, -0.2) is 15.0 Å². The predicted molar refractivity (Wildman–Crippen MR) is 120 cm³/mol. The third-order valence-corrected chi connectivity index (χ3v) is 6.36. The molecule has 1 fully saturated rings. The van der Waals surface area contributed by atoms with Gasteiger partial charge in [0.15, 0.2) is 0 Å². The van der Waals surface area contributed by atoms with Crippen LogP contribution in [0.2, 0.25) is 0 Å². The number of thiophene rings is 1. The predicted octanol–water partition coefficient (Wildman–Crippen LogP) is 2.01. The normalized spacial score (nSPS) is 14.0. The highest BCUT2D eigenvalue weighted by Gasteiger charge is 2.25. The van der Waals surface area contributed by atoms with Crippen molar-refractivity contribution in [1.29, 1.82) is 0 Å². The van der Waals surface area contributed by atoms with Gasteiger partial charge in [-0.1, -0.05) is 6.07 Å². The number of ether oxygens (including phenoxy) is 1. The lowest BCUT2D eigenvalue weighted by atomic mass is 10.1. The van der Waals surface area contributed by atoms with Crippen molar-refractivity contribution in [3.63, 3.8) is 0 Å². The summed E-state index contributed by atoms with van der Waals surface area (Å²) in [5.41, 5.74) is 0.823. The molecule has 1 N–H and O–H groups in total. The molecule has 0 unspecified atom stereocenters. The summed E-state index contributed by atoms with van der Waals surface area (Å²) in [4.78, 5) is 43.3. The first kappa shape index (κ1) is 21.0. The minimum Gasteiger partial charge on any atom is -0.465 e. The van der Waals surface area contributed by atoms with E-state index < -0.39 is 5.97 Å². The smallest absolute Gasteiger partial charge is 0.325 e. The number of hydrogen-bond acceptors (Lipinski definition) is 9. The lowest BCUT2D eigenvalue weighted by Gasteiger charge is -2.36. The Morgan fingerprint density at radius 2 is 1.90 bits per heavy atom. The summed E-state index contributed by atoms with van der Waals surface area (Å²) in [7, 11) is 0. The second kappa shape index (κ2) is 9.25. The molecule has 0 aromatic carbocycles. The summed E-state index contributed by atoms with van der Waals surface area (Å²) >= 11 is 1.31. The molecule has 3 aromatic rings. The number of fused-ring (bicyclic) bond motifs is 1. The van der Waals surface area contributed by atoms with Crippen LogP contribution in [0, 0.1) is 6.92 Å². The molecule has 0 saturated carbocycles. The summed E-state index contributed by atoms with van der Waals surface area (Å²) < 4.78 is 4.87. The van der Waals surface area contributed by atoms with Crippen molar-refractivity contribution in [3.8, 4) is 0 Å². The van der Waals surface area contributed by atoms with Crippen molar-refractivity contribution in [3.05, 3.63) is 41.2 Å². The average Bonchev–Trinajstić information content (AvgIpc) is 3.15. The van der Waals surface area contributed by atoms with Gasteiger partial charge in [0.1, 0.15) is 29.3 Å². The first-order valence-corrected chi connectivity index (χ1v) is 11.0. The van der Waals surface area contributed by atoms with E-state index in [0.29, 0.717) is 4.88 Å². The number of rotatable bonds is 6. The number of nitrogens with zero attached hydrogens (tertiary/aromatic N) is 5. The fraction of sp³-hybridized carbons (Fsp3) is 0.381. The zero-order valence-electron chi connectivity index (χ0n) is 17.5. The Morgan fingerprint density at radius 3 is 2.61 bits per heavy atom. The highest BCUT2D eigenvalue weighted by molar-refractivity contribution is 7.20. The molecule has 0 spiro atoms. The third kappa shape index (κ3) is 4.43. The zero-order chi connectivity index (χ0) is 21.8. The van der Waals surface area contributed by atoms with Gasteiger partial charge in [0, 0.05) is 32.4 Å². The van der Waals surface area contributed by atoms with Gasteiger partial charge in [0.05, 0.1) is 16.9 Å². The number of carbonyl (C=O) groups excluding carboxylic acids is 2. The number of nitrogens with one attached hydrogen (secondary N) is 1. The standard InChI is InChI=1S/C21H24N6O3S/c1-3-30-16(28)12-23-20(29)18-14(2)17-19(24-13-25-21(17)31-18)27-10-8-26(9-11-27)15-6-4-5-7-22-15/h4-7,13H,3,8-12H2,1-2H3,(H,23,29). The number of aromatic nitrogens is 3. The largest absolute Gasteiger partial charge is 0.465 e. The number of hydrogen-bond donors (Lipinski definition) is 1. The minimum atomic E-state index is -0.458. The van der Waals surface area contributed by atoms with Crippen LogP contribution in [-0.2, 0) is 9.53 Å². The molecular weight excluding hydrogens is 416 g/mol. The molecule has 0 aliphatic carbocycles. The van der Waals surface area contributed by atoms with Crippen LogP contribution in [0.25, 0.3) is 10.2 Å². The number of anilines is 2. The van der Waals surface area contributed by atoms with Crippen LogP contribution in [-0.4, -0.2) is 66.2 Å². The summed E-state index contributed by atoms with van der Waals surface area (Å²) in [5.74, 6) is 1.05. The maximum atomic E-state index is 12.6. The van der Waals surface area contributed by atoms with E-state index in [9.17, 15) is 9.59 Å². The van der Waals surface area contributed by atoms with Crippen molar-refractivity contribution in [2.45, 2.75) is 13.8 Å². The fourth-order valence-electron chi connectivity index (χ4n) is 3.64. The Morgan fingerprint density at radius 1 is 1.13 bits per heavy atom. The van der Waals surface area contributed by atoms with Crippen molar-refractivity contribution in [1.82, 2.24) is 20.3 Å². The Kier molecular flexibility index (Phi) is 6.26. The number of esters is 1. The van der Waals surface area contributed by atoms with E-state index in [-0.39, 0.29) is 19.1 Å². The molecule has 31 heavy (non-hydrogen) atoms. The van der Waals surface area contributed by atoms with Crippen LogP contribution >= 0.6 is 11.3 Å². The Bertz CT molecular complexity index is 1080. The summed E-state index contributed by atoms with van der Waals surface area (Å²) in [6, 6.07) is 5.92. The molecule has 10 heteroatoms. The van der Waals surface area contributed by atoms with Gasteiger partial charge in [-0.05, 0) is 31.5 Å². The van der Waals surface area contributed by atoms with Crippen LogP contribution in [0.1, 0.15) is 22.2 Å². The highest BCUT2D eigenvalue weighted by Crippen LogP contribution is 2.35. The zero-order valence-corrected chi connectivity index (χ0v) is 18.3. The lowest BCUT2D eigenvalue weighted by molar-refractivity contribution is -0.141. The molecule has 3 aromatic heterocycles. The molecule has 1 amide bonds. The van der Waals surface area contributed by atoms with E-state index in [2.05, 4.69) is 30.1 Å². The van der Waals surface area contributed by atoms with Gasteiger partial charge in [0.25, 0.3) is 5.91 Å². The summed E-state index contributed by atoms with van der Waals surface area (Å²) in [6.45, 7) is 7.00. The van der Waals surface area contributed by atoms with E-state index in [1.807, 2.05) is 25.1 Å². The Labute approximate surface area is 184 Å². The first-order valence-electron chi connectivity index (χ1n) is 10.2. The van der Waals surface area contributed by atoms with Gasteiger partial charge < -0.3 is 19.9 Å². The van der Waals surface area contributed by atoms with Crippen molar-refractivity contribution in [2.24, 2.45) is 0 Å². The van der Waals surface area contributed by atoms with E-state index in [1.54, 1.807) is 19.4 Å². The molecule has 4 heterocycles. The van der Waals surface area contributed by atoms with Crippen LogP contribution in [0.4, 0.5) is 11.6 Å². The van der Waals surface area contributed by atoms with Crippen LogP contribution in [0.15, 0.2) is 30.7 Å². The van der Waals surface area contributed by atoms with Crippen molar-refractivity contribution in [2.75, 3.05) is 49.1 Å². The third-order valence-electron chi connectivity index (χ3n) is 5.16. The number of carbonyl (C=O) groups is 2. The van der Waals surface area contributed by atoms with Crippen LogP contribution in [0.5, 0.6) is 0 Å². The maximum Gasteiger partial charge on any atom is 0.325 e. The van der Waals surface area contributed by atoms with Crippen molar-refractivity contribution < 1.29 is 14.3 Å². The first-order chi connectivity index (χ1) is 15.1. The molecule has 0 atom stereocenters. The molecule has 9 nitrogen and oxygen atoms in total. The monoisotopic (exact) mass is 440 g/mol. The van der Waals surface area contributed by atoms with E-state index in [0.717, 1.165) is 53.6 Å². The molecule has 0 radical (unpaired) electrons. The van der Waals surface area contributed by atoms with Crippen LogP contribution < -0.4 is 15.1 Å². The maximum absolute atomic E-state index is 12.6. The fourth-order valence-corrected chi connectivity index (χ4v) is 4.70. The molecule has 1 saturated heterocycles. The second-order valence-electron chi connectivity index (χ2n) is 7.08. The van der Waals surface area contributed by atoms with Crippen molar-refractivity contribution >= 4 is 45.1 Å². The SMILES string of the molecule is CCOC(=O)CNC(=O)c1sc2ncnc(N3CCN(c4ccccn4)CC3)c2c1C. The number of amides is 1. The second-order valence-corrected chi connectivity index (χ2v) is 8.08. The van der Waals surface area contributed by atoms with Gasteiger partial charge >= 0.3 is 5.97 Å². The quantitative estimate of drug-likeness (QED) is 0.581. The Hall–Kier alpha value is -3.27. The molecule has 0 bridgehead atoms. The molecule has 1 aliphatic heterocycles. The topological polar surface area (TPSA) is 101 Å². The number of aryl methyl sites for hydroxylation is 1. The van der Waals surface area contributed by atoms with Crippen LogP contribution in [0.3, 0.4) is 0 Å². The van der Waals surface area contributed by atoms with Gasteiger partial charge in [-0.15, -0.1) is 11.3 Å². The number of piperazine rings is 1. The lowest BCUT2D eigenvalue weighted by Crippen LogP contribution is -2.47. The van der Waals surface area contributed by atoms with E-state index in [1.165, 1.54) is 11.3 Å². The molecule has 162 valence electrons. The molecule has 1 aliphatic rings. The van der Waals surface area contributed by atoms with Gasteiger partial charge in [-0.3, -0.25) is 9.59 Å². The molecule has 4 rings (SSSR count). The van der Waals surface area contributed by atoms with Gasteiger partial charge in [-0.2, -0.15) is 0 Å². The minimum absolute atomic E-state index is 0.158. The number of pyridine rings is 1. The van der Waals surface area contributed by atoms with Gasteiger partial charge in [0.2, 0.25) is 0 Å². The molecular formula is C21H24N6O3S.